The van der Waals surface area contributed by atoms with Crippen LogP contribution in [0.5, 0.6) is 5.75 Å². The highest BCUT2D eigenvalue weighted by atomic mass is 31.2. The number of esters is 1. The van der Waals surface area contributed by atoms with E-state index in [0.29, 0.717) is 18.7 Å². The molecule has 1 aromatic carbocycles. The second-order valence-electron chi connectivity index (χ2n) is 5.78. The standard InChI is InChI=1S/C16H23N2O5P/c1-12-7-4-5-8-13(12)23-24(21,17-11-15(19)22-3)14-9-6-10-18(2)16(14)20/h4-5,7-8,14H,6,9-11H2,1-3H3,(H,17,21)/t14-,24?/m0/s1. The van der Waals surface area contributed by atoms with E-state index in [-0.39, 0.29) is 12.5 Å². The minimum absolute atomic E-state index is 0.240. The van der Waals surface area contributed by atoms with Crippen molar-refractivity contribution < 1.29 is 23.4 Å². The first kappa shape index (κ1) is 18.5. The summed E-state index contributed by atoms with van der Waals surface area (Å²) in [5.41, 5.74) is -0.0188. The number of hydrogen-bond donors (Lipinski definition) is 1. The molecule has 0 radical (unpaired) electrons. The molecule has 0 spiro atoms. The number of hydrogen-bond acceptors (Lipinski definition) is 5. The van der Waals surface area contributed by atoms with Gasteiger partial charge in [0.2, 0.25) is 5.91 Å². The van der Waals surface area contributed by atoms with Gasteiger partial charge in [0.25, 0.3) is 0 Å². The number of para-hydroxylation sites is 1. The largest absolute Gasteiger partial charge is 0.468 e. The quantitative estimate of drug-likeness (QED) is 0.621. The normalized spacial score (nSPS) is 20.4. The van der Waals surface area contributed by atoms with Gasteiger partial charge >= 0.3 is 13.5 Å². The van der Waals surface area contributed by atoms with E-state index in [1.807, 2.05) is 19.1 Å². The minimum Gasteiger partial charge on any atom is -0.468 e. The number of carbonyl (C=O) groups is 2. The molecular weight excluding hydrogens is 331 g/mol. The van der Waals surface area contributed by atoms with Crippen molar-refractivity contribution in [3.05, 3.63) is 29.8 Å². The second-order valence-corrected chi connectivity index (χ2v) is 8.10. The van der Waals surface area contributed by atoms with Crippen LogP contribution in [0.2, 0.25) is 0 Å². The van der Waals surface area contributed by atoms with Crippen LogP contribution < -0.4 is 9.61 Å². The lowest BCUT2D eigenvalue weighted by Gasteiger charge is -2.34. The molecule has 1 saturated heterocycles. The van der Waals surface area contributed by atoms with Crippen LogP contribution in [0.1, 0.15) is 18.4 Å². The highest BCUT2D eigenvalue weighted by Gasteiger charge is 2.44. The highest BCUT2D eigenvalue weighted by Crippen LogP contribution is 2.51. The van der Waals surface area contributed by atoms with Crippen LogP contribution in [0.15, 0.2) is 24.3 Å². The van der Waals surface area contributed by atoms with Gasteiger partial charge in [-0.15, -0.1) is 0 Å². The smallest absolute Gasteiger partial charge is 0.329 e. The van der Waals surface area contributed by atoms with Crippen LogP contribution in [-0.4, -0.2) is 49.7 Å². The number of amides is 1. The Labute approximate surface area is 141 Å². The molecule has 132 valence electrons. The number of nitrogens with zero attached hydrogens (tertiary/aromatic N) is 1. The first-order valence-electron chi connectivity index (χ1n) is 7.79. The molecule has 1 aliphatic rings. The van der Waals surface area contributed by atoms with Crippen molar-refractivity contribution in [2.45, 2.75) is 25.4 Å². The Balaban J connectivity index is 2.30. The first-order valence-corrected chi connectivity index (χ1v) is 9.48. The summed E-state index contributed by atoms with van der Waals surface area (Å²) >= 11 is 0. The number of aryl methyl sites for hydroxylation is 1. The molecule has 0 bridgehead atoms. The summed E-state index contributed by atoms with van der Waals surface area (Å²) in [6.07, 6.45) is 1.18. The number of rotatable bonds is 6. The minimum atomic E-state index is -3.65. The van der Waals surface area contributed by atoms with Gasteiger partial charge in [-0.3, -0.25) is 14.2 Å². The summed E-state index contributed by atoms with van der Waals surface area (Å²) in [5.74, 6) is -0.380. The number of methoxy groups -OCH3 is 1. The maximum atomic E-state index is 13.5. The Morgan fingerprint density at radius 2 is 2.12 bits per heavy atom. The Kier molecular flexibility index (Phi) is 6.02. The summed E-state index contributed by atoms with van der Waals surface area (Å²) in [7, 11) is -0.726. The van der Waals surface area contributed by atoms with Crippen molar-refractivity contribution in [1.29, 1.82) is 0 Å². The third-order valence-corrected chi connectivity index (χ3v) is 6.41. The lowest BCUT2D eigenvalue weighted by Crippen LogP contribution is -2.44. The maximum absolute atomic E-state index is 13.5. The van der Waals surface area contributed by atoms with Crippen molar-refractivity contribution >= 4 is 19.4 Å². The maximum Gasteiger partial charge on any atom is 0.329 e. The number of nitrogens with one attached hydrogen (secondary N) is 1. The molecule has 1 unspecified atom stereocenters. The Morgan fingerprint density at radius 1 is 1.42 bits per heavy atom. The van der Waals surface area contributed by atoms with Crippen LogP contribution in [0.3, 0.4) is 0 Å². The molecule has 2 rings (SSSR count). The molecule has 24 heavy (non-hydrogen) atoms. The van der Waals surface area contributed by atoms with Crippen molar-refractivity contribution in [3.63, 3.8) is 0 Å². The van der Waals surface area contributed by atoms with Crippen LogP contribution in [0.4, 0.5) is 0 Å². The third kappa shape index (κ3) is 4.16. The lowest BCUT2D eigenvalue weighted by molar-refractivity contribution is -0.139. The topological polar surface area (TPSA) is 84.9 Å². The molecule has 7 nitrogen and oxygen atoms in total. The predicted molar refractivity (Wildman–Crippen MR) is 90.1 cm³/mol. The van der Waals surface area contributed by atoms with Gasteiger partial charge in [0.05, 0.1) is 7.11 Å². The Morgan fingerprint density at radius 3 is 2.79 bits per heavy atom. The molecule has 2 atom stereocenters. The Bertz CT molecular complexity index is 664. The second kappa shape index (κ2) is 7.81. The summed E-state index contributed by atoms with van der Waals surface area (Å²) in [4.78, 5) is 25.5. The number of ether oxygens (including phenoxy) is 1. The Hall–Kier alpha value is -1.85. The molecule has 1 heterocycles. The number of benzene rings is 1. The third-order valence-electron chi connectivity index (χ3n) is 4.04. The van der Waals surface area contributed by atoms with Gasteiger partial charge in [-0.25, -0.2) is 5.09 Å². The molecule has 1 N–H and O–H groups in total. The average Bonchev–Trinajstić information content (AvgIpc) is 2.57. The predicted octanol–water partition coefficient (Wildman–Crippen LogP) is 1.95. The van der Waals surface area contributed by atoms with Crippen molar-refractivity contribution in [2.24, 2.45) is 0 Å². The van der Waals surface area contributed by atoms with Gasteiger partial charge in [-0.2, -0.15) is 0 Å². The first-order chi connectivity index (χ1) is 11.4. The number of likely N-dealkylation sites (tertiary alicyclic amines) is 1. The van der Waals surface area contributed by atoms with Crippen LogP contribution in [0.25, 0.3) is 0 Å². The van der Waals surface area contributed by atoms with Crippen molar-refractivity contribution in [3.8, 4) is 5.75 Å². The molecular formula is C16H23N2O5P. The van der Waals surface area contributed by atoms with E-state index >= 15 is 0 Å². The molecule has 1 aromatic rings. The zero-order valence-electron chi connectivity index (χ0n) is 14.2. The molecule has 0 saturated carbocycles. The SMILES string of the molecule is COC(=O)CNP(=O)(Oc1ccccc1C)[C@H]1CCCN(C)C1=O. The monoisotopic (exact) mass is 354 g/mol. The molecule has 1 amide bonds. The van der Waals surface area contributed by atoms with Crippen LogP contribution in [0, 0.1) is 6.92 Å². The lowest BCUT2D eigenvalue weighted by atomic mass is 10.1. The van der Waals surface area contributed by atoms with Crippen molar-refractivity contribution in [1.82, 2.24) is 9.99 Å². The van der Waals surface area contributed by atoms with E-state index in [9.17, 15) is 14.2 Å². The molecule has 8 heteroatoms. The summed E-state index contributed by atoms with van der Waals surface area (Å²) in [5, 5.41) is 2.65. The van der Waals surface area contributed by atoms with E-state index in [4.69, 9.17) is 4.52 Å². The fourth-order valence-corrected chi connectivity index (χ4v) is 4.85. The van der Waals surface area contributed by atoms with Gasteiger partial charge in [0.1, 0.15) is 18.0 Å². The summed E-state index contributed by atoms with van der Waals surface area (Å²) in [6, 6.07) is 7.13. The highest BCUT2D eigenvalue weighted by molar-refractivity contribution is 7.59. The zero-order valence-corrected chi connectivity index (χ0v) is 15.0. The summed E-state index contributed by atoms with van der Waals surface area (Å²) in [6.45, 7) is 2.17. The van der Waals surface area contributed by atoms with Crippen molar-refractivity contribution in [2.75, 3.05) is 27.2 Å². The number of piperidine rings is 1. The van der Waals surface area contributed by atoms with E-state index in [1.165, 1.54) is 7.11 Å². The van der Waals surface area contributed by atoms with Gasteiger partial charge < -0.3 is 14.2 Å². The fraction of sp³-hybridized carbons (Fsp3) is 0.500. The summed E-state index contributed by atoms with van der Waals surface area (Å²) < 4.78 is 23.8. The molecule has 1 fully saturated rings. The molecule has 1 aliphatic heterocycles. The van der Waals surface area contributed by atoms with E-state index in [1.54, 1.807) is 24.1 Å². The van der Waals surface area contributed by atoms with Gasteiger partial charge in [-0.1, -0.05) is 18.2 Å². The average molecular weight is 354 g/mol. The van der Waals surface area contributed by atoms with E-state index < -0.39 is 19.1 Å². The van der Waals surface area contributed by atoms with Gasteiger partial charge in [0, 0.05) is 13.6 Å². The fourth-order valence-electron chi connectivity index (χ4n) is 2.58. The van der Waals surface area contributed by atoms with Crippen LogP contribution >= 0.6 is 7.52 Å². The van der Waals surface area contributed by atoms with Gasteiger partial charge in [0.15, 0.2) is 0 Å². The molecule has 0 aromatic heterocycles. The number of carbonyl (C=O) groups excluding carboxylic acids is 2. The van der Waals surface area contributed by atoms with Crippen LogP contribution in [-0.2, 0) is 18.9 Å². The van der Waals surface area contributed by atoms with E-state index in [0.717, 1.165) is 12.0 Å². The molecule has 0 aliphatic carbocycles. The van der Waals surface area contributed by atoms with Gasteiger partial charge in [-0.05, 0) is 31.4 Å². The zero-order chi connectivity index (χ0) is 17.7. The van der Waals surface area contributed by atoms with E-state index in [2.05, 4.69) is 9.82 Å².